The molecule has 0 radical (unpaired) electrons. The number of fused-ring (bicyclic) bond motifs is 1. The zero-order valence-electron chi connectivity index (χ0n) is 15.9. The molecule has 1 N–H and O–H groups in total. The second-order valence-corrected chi connectivity index (χ2v) is 7.68. The van der Waals surface area contributed by atoms with Gasteiger partial charge in [0.25, 0.3) is 0 Å². The largest absolute Gasteiger partial charge is 0.349 e. The Morgan fingerprint density at radius 3 is 2.35 bits per heavy atom. The normalized spacial score (nSPS) is 18.8. The van der Waals surface area contributed by atoms with E-state index in [1.165, 1.54) is 49.0 Å². The van der Waals surface area contributed by atoms with E-state index in [1.54, 1.807) is 0 Å². The Balaban J connectivity index is 1.66. The first kappa shape index (κ1) is 17.4. The highest BCUT2D eigenvalue weighted by atomic mass is 15.4. The third kappa shape index (κ3) is 3.45. The Bertz CT molecular complexity index is 694. The van der Waals surface area contributed by atoms with Crippen LogP contribution >= 0.6 is 0 Å². The Labute approximate surface area is 158 Å². The van der Waals surface area contributed by atoms with Crippen LogP contribution in [0.4, 0.5) is 11.4 Å². The standard InChI is InChI=1S/C23H31N3/c1-24-17-16-21(19-10-4-2-5-11-19)26-18-25(20-12-6-3-7-13-20)22-14-8-9-15-23(22)26/h2,4-5,8-11,14-15,20-21,24H,3,6-7,12-13,16-18H2,1H3/t21-/m1/s1. The van der Waals surface area contributed by atoms with Gasteiger partial charge in [-0.2, -0.15) is 0 Å². The van der Waals surface area contributed by atoms with Gasteiger partial charge in [0.2, 0.25) is 0 Å². The zero-order chi connectivity index (χ0) is 17.8. The average Bonchev–Trinajstić information content (AvgIpc) is 3.10. The number of benzene rings is 2. The minimum absolute atomic E-state index is 0.415. The van der Waals surface area contributed by atoms with Gasteiger partial charge in [0.1, 0.15) is 0 Å². The van der Waals surface area contributed by atoms with Gasteiger partial charge in [0.05, 0.1) is 24.1 Å². The van der Waals surface area contributed by atoms with E-state index in [0.29, 0.717) is 12.1 Å². The van der Waals surface area contributed by atoms with E-state index in [4.69, 9.17) is 0 Å². The summed E-state index contributed by atoms with van der Waals surface area (Å²) in [5.74, 6) is 0. The van der Waals surface area contributed by atoms with Crippen LogP contribution in [0, 0.1) is 0 Å². The molecule has 26 heavy (non-hydrogen) atoms. The van der Waals surface area contributed by atoms with Crippen LogP contribution in [0.1, 0.15) is 50.1 Å². The van der Waals surface area contributed by atoms with Crippen molar-refractivity contribution in [2.45, 2.75) is 50.6 Å². The molecule has 2 aromatic rings. The van der Waals surface area contributed by atoms with Crippen molar-refractivity contribution in [3.63, 3.8) is 0 Å². The summed E-state index contributed by atoms with van der Waals surface area (Å²) < 4.78 is 0. The molecule has 1 aliphatic carbocycles. The average molecular weight is 350 g/mol. The van der Waals surface area contributed by atoms with Crippen LogP contribution in [0.5, 0.6) is 0 Å². The van der Waals surface area contributed by atoms with E-state index in [0.717, 1.165) is 19.6 Å². The van der Waals surface area contributed by atoms with Gasteiger partial charge in [-0.25, -0.2) is 0 Å². The van der Waals surface area contributed by atoms with Crippen LogP contribution in [0.3, 0.4) is 0 Å². The SMILES string of the molecule is CNCC[C@H](c1ccccc1)N1CN(C2CCCCC2)c2ccccc21. The third-order valence-electron chi connectivity index (χ3n) is 6.05. The predicted molar refractivity (Wildman–Crippen MR) is 111 cm³/mol. The second-order valence-electron chi connectivity index (χ2n) is 7.68. The van der Waals surface area contributed by atoms with Crippen LogP contribution < -0.4 is 15.1 Å². The van der Waals surface area contributed by atoms with E-state index in [-0.39, 0.29) is 0 Å². The number of anilines is 2. The van der Waals surface area contributed by atoms with Crippen molar-refractivity contribution in [3.8, 4) is 0 Å². The number of para-hydroxylation sites is 2. The van der Waals surface area contributed by atoms with Crippen molar-refractivity contribution in [2.24, 2.45) is 0 Å². The van der Waals surface area contributed by atoms with Gasteiger partial charge in [0.15, 0.2) is 0 Å². The minimum atomic E-state index is 0.415. The lowest BCUT2D eigenvalue weighted by molar-refractivity contribution is 0.413. The Kier molecular flexibility index (Phi) is 5.45. The Hall–Kier alpha value is -2.00. The molecule has 1 aliphatic heterocycles. The molecule has 0 aromatic heterocycles. The molecular formula is C23H31N3. The molecule has 1 atom stereocenters. The van der Waals surface area contributed by atoms with E-state index < -0.39 is 0 Å². The summed E-state index contributed by atoms with van der Waals surface area (Å²) in [6.45, 7) is 2.05. The first-order valence-corrected chi connectivity index (χ1v) is 10.2. The summed E-state index contributed by atoms with van der Waals surface area (Å²) in [4.78, 5) is 5.32. The van der Waals surface area contributed by atoms with Crippen molar-refractivity contribution in [1.29, 1.82) is 0 Å². The molecule has 3 nitrogen and oxygen atoms in total. The molecule has 1 saturated carbocycles. The first-order chi connectivity index (χ1) is 12.9. The maximum atomic E-state index is 3.35. The molecule has 138 valence electrons. The molecular weight excluding hydrogens is 318 g/mol. The van der Waals surface area contributed by atoms with E-state index in [2.05, 4.69) is 69.7 Å². The predicted octanol–water partition coefficient (Wildman–Crippen LogP) is 4.95. The van der Waals surface area contributed by atoms with Gasteiger partial charge in [-0.1, -0.05) is 61.7 Å². The molecule has 0 amide bonds. The summed E-state index contributed by atoms with van der Waals surface area (Å²) in [5, 5.41) is 3.35. The molecule has 4 rings (SSSR count). The van der Waals surface area contributed by atoms with Crippen LogP contribution in [-0.4, -0.2) is 26.3 Å². The summed E-state index contributed by atoms with van der Waals surface area (Å²) >= 11 is 0. The molecule has 1 fully saturated rings. The number of nitrogens with zero attached hydrogens (tertiary/aromatic N) is 2. The fraction of sp³-hybridized carbons (Fsp3) is 0.478. The maximum Gasteiger partial charge on any atom is 0.0913 e. The van der Waals surface area contributed by atoms with Crippen LogP contribution in [0.2, 0.25) is 0 Å². The van der Waals surface area contributed by atoms with E-state index >= 15 is 0 Å². The number of rotatable bonds is 6. The fourth-order valence-corrected chi connectivity index (χ4v) is 4.70. The molecule has 0 saturated heterocycles. The molecule has 1 heterocycles. The van der Waals surface area contributed by atoms with Crippen molar-refractivity contribution >= 4 is 11.4 Å². The Morgan fingerprint density at radius 1 is 0.923 bits per heavy atom. The van der Waals surface area contributed by atoms with Gasteiger partial charge in [-0.3, -0.25) is 0 Å². The first-order valence-electron chi connectivity index (χ1n) is 10.2. The molecule has 3 heteroatoms. The Morgan fingerprint density at radius 2 is 1.62 bits per heavy atom. The monoisotopic (exact) mass is 349 g/mol. The van der Waals surface area contributed by atoms with Crippen LogP contribution in [-0.2, 0) is 0 Å². The van der Waals surface area contributed by atoms with Gasteiger partial charge in [0, 0.05) is 6.04 Å². The van der Waals surface area contributed by atoms with E-state index in [1.807, 2.05) is 7.05 Å². The smallest absolute Gasteiger partial charge is 0.0913 e. The second kappa shape index (κ2) is 8.13. The van der Waals surface area contributed by atoms with Gasteiger partial charge >= 0.3 is 0 Å². The lowest BCUT2D eigenvalue weighted by Crippen LogP contribution is -2.41. The van der Waals surface area contributed by atoms with Crippen molar-refractivity contribution in [2.75, 3.05) is 30.1 Å². The van der Waals surface area contributed by atoms with E-state index in [9.17, 15) is 0 Å². The highest BCUT2D eigenvalue weighted by Gasteiger charge is 2.34. The number of hydrogen-bond acceptors (Lipinski definition) is 3. The summed E-state index contributed by atoms with van der Waals surface area (Å²) in [6.07, 6.45) is 7.97. The van der Waals surface area contributed by atoms with Gasteiger partial charge in [-0.15, -0.1) is 0 Å². The number of nitrogens with one attached hydrogen (secondary N) is 1. The molecule has 0 unspecified atom stereocenters. The van der Waals surface area contributed by atoms with Crippen LogP contribution in [0.25, 0.3) is 0 Å². The summed E-state index contributed by atoms with van der Waals surface area (Å²) in [6, 6.07) is 21.2. The highest BCUT2D eigenvalue weighted by Crippen LogP contribution is 2.44. The fourth-order valence-electron chi connectivity index (χ4n) is 4.70. The molecule has 2 aliphatic rings. The van der Waals surface area contributed by atoms with Gasteiger partial charge in [-0.05, 0) is 50.6 Å². The molecule has 0 bridgehead atoms. The summed E-state index contributed by atoms with van der Waals surface area (Å²) in [7, 11) is 2.05. The zero-order valence-corrected chi connectivity index (χ0v) is 15.9. The van der Waals surface area contributed by atoms with Crippen LogP contribution in [0.15, 0.2) is 54.6 Å². The lowest BCUT2D eigenvalue weighted by Gasteiger charge is -2.35. The quantitative estimate of drug-likeness (QED) is 0.796. The topological polar surface area (TPSA) is 18.5 Å². The number of hydrogen-bond donors (Lipinski definition) is 1. The maximum absolute atomic E-state index is 3.35. The highest BCUT2D eigenvalue weighted by molar-refractivity contribution is 5.77. The summed E-state index contributed by atoms with van der Waals surface area (Å²) in [5.41, 5.74) is 4.26. The van der Waals surface area contributed by atoms with Crippen molar-refractivity contribution in [1.82, 2.24) is 5.32 Å². The van der Waals surface area contributed by atoms with Crippen molar-refractivity contribution < 1.29 is 0 Å². The lowest BCUT2D eigenvalue weighted by atomic mass is 9.94. The molecule has 2 aromatic carbocycles. The van der Waals surface area contributed by atoms with Gasteiger partial charge < -0.3 is 15.1 Å². The van der Waals surface area contributed by atoms with Crippen molar-refractivity contribution in [3.05, 3.63) is 60.2 Å². The minimum Gasteiger partial charge on any atom is -0.349 e. The third-order valence-corrected chi connectivity index (χ3v) is 6.05. The molecule has 0 spiro atoms.